The van der Waals surface area contributed by atoms with E-state index in [1.165, 1.54) is 38.5 Å². The van der Waals surface area contributed by atoms with Gasteiger partial charge in [-0.15, -0.1) is 0 Å². The van der Waals surface area contributed by atoms with Crippen LogP contribution in [0.1, 0.15) is 78.1 Å². The standard InChI is InChI=1S/C8H19N.C6H15O3PS/c1-2-3-4-5-6-7-8-9;1-2-3-4-5-6-9-10(7,8)11/h2-9H2,1H3;2-6H2,1H3,(H2,7,8,11). The van der Waals surface area contributed by atoms with Gasteiger partial charge < -0.3 is 20.0 Å². The first-order chi connectivity index (χ1) is 9.47. The van der Waals surface area contributed by atoms with Crippen LogP contribution in [0.4, 0.5) is 0 Å². The van der Waals surface area contributed by atoms with E-state index in [2.05, 4.69) is 30.2 Å². The molecule has 0 atom stereocenters. The second-order valence-electron chi connectivity index (χ2n) is 4.94. The lowest BCUT2D eigenvalue weighted by Gasteiger charge is -2.07. The van der Waals surface area contributed by atoms with Crippen LogP contribution in [-0.2, 0) is 16.3 Å². The van der Waals surface area contributed by atoms with Crippen molar-refractivity contribution in [1.29, 1.82) is 0 Å². The van der Waals surface area contributed by atoms with Crippen molar-refractivity contribution in [3.05, 3.63) is 0 Å². The molecule has 0 aliphatic rings. The first kappa shape index (κ1) is 22.8. The molecule has 6 heteroatoms. The average Bonchev–Trinajstić information content (AvgIpc) is 2.38. The van der Waals surface area contributed by atoms with Crippen LogP contribution in [0.25, 0.3) is 0 Å². The van der Waals surface area contributed by atoms with Crippen molar-refractivity contribution >= 4 is 18.5 Å². The van der Waals surface area contributed by atoms with Crippen molar-refractivity contribution in [1.82, 2.24) is 0 Å². The minimum atomic E-state index is -3.38. The molecule has 0 aromatic rings. The fraction of sp³-hybridized carbons (Fsp3) is 1.00. The van der Waals surface area contributed by atoms with Crippen LogP contribution in [0.5, 0.6) is 0 Å². The average molecular weight is 327 g/mol. The number of hydrogen-bond donors (Lipinski definition) is 3. The monoisotopic (exact) mass is 327 g/mol. The normalized spacial score (nSPS) is 11.1. The van der Waals surface area contributed by atoms with E-state index in [9.17, 15) is 0 Å². The number of unbranched alkanes of at least 4 members (excludes halogenated alkanes) is 8. The van der Waals surface area contributed by atoms with Crippen molar-refractivity contribution in [3.8, 4) is 0 Å². The molecular formula is C14H34NO3PS. The van der Waals surface area contributed by atoms with E-state index in [0.717, 1.165) is 32.2 Å². The first-order valence-electron chi connectivity index (χ1n) is 7.88. The molecule has 0 rings (SSSR count). The summed E-state index contributed by atoms with van der Waals surface area (Å²) in [4.78, 5) is 17.3. The molecule has 0 aromatic carbocycles. The van der Waals surface area contributed by atoms with Crippen molar-refractivity contribution in [2.75, 3.05) is 13.2 Å². The van der Waals surface area contributed by atoms with Crippen molar-refractivity contribution in [2.45, 2.75) is 78.1 Å². The van der Waals surface area contributed by atoms with Gasteiger partial charge in [-0.25, -0.2) is 0 Å². The van der Waals surface area contributed by atoms with Crippen LogP contribution in [-0.4, -0.2) is 22.9 Å². The molecule has 0 aliphatic carbocycles. The number of rotatable bonds is 12. The first-order valence-corrected chi connectivity index (χ1v) is 10.5. The van der Waals surface area contributed by atoms with Gasteiger partial charge in [0, 0.05) is 0 Å². The van der Waals surface area contributed by atoms with Crippen LogP contribution in [0.3, 0.4) is 0 Å². The Morgan fingerprint density at radius 2 is 1.30 bits per heavy atom. The topological polar surface area (TPSA) is 75.7 Å². The zero-order valence-electron chi connectivity index (χ0n) is 13.2. The zero-order valence-corrected chi connectivity index (χ0v) is 14.9. The molecule has 0 unspecified atom stereocenters. The second kappa shape index (κ2) is 17.5. The Labute approximate surface area is 130 Å². The molecule has 0 spiro atoms. The van der Waals surface area contributed by atoms with Crippen LogP contribution in [0.2, 0.25) is 0 Å². The molecule has 0 amide bonds. The molecule has 124 valence electrons. The number of hydrogen-bond acceptors (Lipinski definition) is 3. The molecule has 0 radical (unpaired) electrons. The van der Waals surface area contributed by atoms with Gasteiger partial charge >= 0.3 is 6.72 Å². The maximum absolute atomic E-state index is 8.63. The second-order valence-corrected chi connectivity index (χ2v) is 7.61. The molecule has 0 heterocycles. The van der Waals surface area contributed by atoms with Crippen LogP contribution >= 0.6 is 6.72 Å². The van der Waals surface area contributed by atoms with Gasteiger partial charge in [0.15, 0.2) is 0 Å². The summed E-state index contributed by atoms with van der Waals surface area (Å²) < 4.78 is 4.61. The fourth-order valence-corrected chi connectivity index (χ4v) is 2.23. The third kappa shape index (κ3) is 26.9. The highest BCUT2D eigenvalue weighted by atomic mass is 32.5. The van der Waals surface area contributed by atoms with Crippen molar-refractivity contribution in [2.24, 2.45) is 5.73 Å². The smallest absolute Gasteiger partial charge is 0.321 e. The molecule has 20 heavy (non-hydrogen) atoms. The third-order valence-electron chi connectivity index (χ3n) is 2.82. The Balaban J connectivity index is 0. The molecule has 0 aliphatic heterocycles. The Bertz CT molecular complexity index is 218. The van der Waals surface area contributed by atoms with E-state index in [0.29, 0.717) is 6.61 Å². The van der Waals surface area contributed by atoms with Crippen molar-refractivity contribution in [3.63, 3.8) is 0 Å². The van der Waals surface area contributed by atoms with Gasteiger partial charge in [-0.3, -0.25) is 0 Å². The molecule has 4 nitrogen and oxygen atoms in total. The highest BCUT2D eigenvalue weighted by Gasteiger charge is 2.05. The molecular weight excluding hydrogens is 293 g/mol. The summed E-state index contributed by atoms with van der Waals surface area (Å²) in [5.41, 5.74) is 5.34. The summed E-state index contributed by atoms with van der Waals surface area (Å²) in [6.45, 7) is 2.20. The van der Waals surface area contributed by atoms with E-state index < -0.39 is 6.72 Å². The van der Waals surface area contributed by atoms with Gasteiger partial charge in [-0.1, -0.05) is 65.2 Å². The molecule has 4 N–H and O–H groups in total. The molecule has 0 saturated heterocycles. The molecule has 0 bridgehead atoms. The summed E-state index contributed by atoms with van der Waals surface area (Å²) in [6.07, 6.45) is 12.3. The lowest BCUT2D eigenvalue weighted by Crippen LogP contribution is -1.97. The molecule has 0 saturated carbocycles. The van der Waals surface area contributed by atoms with E-state index in [1.54, 1.807) is 0 Å². The summed E-state index contributed by atoms with van der Waals surface area (Å²) in [6, 6.07) is 0. The van der Waals surface area contributed by atoms with Gasteiger partial charge in [-0.05, 0) is 31.2 Å². The minimum Gasteiger partial charge on any atom is -0.330 e. The van der Waals surface area contributed by atoms with Crippen LogP contribution in [0, 0.1) is 0 Å². The summed E-state index contributed by atoms with van der Waals surface area (Å²) in [5.74, 6) is 0. The maximum Gasteiger partial charge on any atom is 0.321 e. The summed E-state index contributed by atoms with van der Waals surface area (Å²) in [5, 5.41) is 0. The van der Waals surface area contributed by atoms with Gasteiger partial charge in [-0.2, -0.15) is 0 Å². The largest absolute Gasteiger partial charge is 0.330 e. The highest BCUT2D eigenvalue weighted by Crippen LogP contribution is 2.36. The van der Waals surface area contributed by atoms with Gasteiger partial charge in [0.2, 0.25) is 0 Å². The Morgan fingerprint density at radius 1 is 0.850 bits per heavy atom. The molecule has 0 aromatic heterocycles. The predicted octanol–water partition coefficient (Wildman–Crippen LogP) is 4.10. The van der Waals surface area contributed by atoms with Crippen LogP contribution in [0.15, 0.2) is 0 Å². The van der Waals surface area contributed by atoms with Crippen LogP contribution < -0.4 is 5.73 Å². The van der Waals surface area contributed by atoms with E-state index in [4.69, 9.17) is 15.5 Å². The third-order valence-corrected chi connectivity index (χ3v) is 3.65. The SMILES string of the molecule is CCCCCCCCN.CCCCCCOP(O)(O)=S. The lowest BCUT2D eigenvalue weighted by atomic mass is 10.1. The Morgan fingerprint density at radius 3 is 1.75 bits per heavy atom. The maximum atomic E-state index is 8.63. The van der Waals surface area contributed by atoms with E-state index in [-0.39, 0.29) is 0 Å². The number of nitrogens with two attached hydrogens (primary N) is 1. The van der Waals surface area contributed by atoms with E-state index in [1.807, 2.05) is 0 Å². The molecule has 0 fully saturated rings. The summed E-state index contributed by atoms with van der Waals surface area (Å²) in [7, 11) is 0. The van der Waals surface area contributed by atoms with Gasteiger partial charge in [0.1, 0.15) is 0 Å². The Hall–Kier alpha value is 0.490. The summed E-state index contributed by atoms with van der Waals surface area (Å²) >= 11 is 4.26. The van der Waals surface area contributed by atoms with Crippen molar-refractivity contribution < 1.29 is 14.3 Å². The zero-order chi connectivity index (χ0) is 15.7. The lowest BCUT2D eigenvalue weighted by molar-refractivity contribution is 0.245. The van der Waals surface area contributed by atoms with Gasteiger partial charge in [0.25, 0.3) is 0 Å². The Kier molecular flexibility index (Phi) is 20.0. The minimum absolute atomic E-state index is 0.365. The highest BCUT2D eigenvalue weighted by molar-refractivity contribution is 8.06. The predicted molar refractivity (Wildman–Crippen MR) is 91.2 cm³/mol. The van der Waals surface area contributed by atoms with Gasteiger partial charge in [0.05, 0.1) is 6.61 Å². The quantitative estimate of drug-likeness (QED) is 0.372. The fourth-order valence-electron chi connectivity index (χ4n) is 1.64. The van der Waals surface area contributed by atoms with E-state index >= 15 is 0 Å².